The molecule has 0 spiro atoms. The molecule has 0 aliphatic carbocycles. The second kappa shape index (κ2) is 7.64. The molecule has 0 saturated carbocycles. The number of aromatic amines is 1. The van der Waals surface area contributed by atoms with E-state index in [9.17, 15) is 13.2 Å². The topological polar surface area (TPSA) is 129 Å². The summed E-state index contributed by atoms with van der Waals surface area (Å²) in [6, 6.07) is 8.57. The number of rotatable bonds is 6. The molecule has 0 bridgehead atoms. The molecule has 0 aliphatic heterocycles. The smallest absolute Gasteiger partial charge is 0.413 e. The Labute approximate surface area is 160 Å². The summed E-state index contributed by atoms with van der Waals surface area (Å²) < 4.78 is 45.1. The van der Waals surface area contributed by atoms with Crippen LogP contribution < -0.4 is 19.0 Å². The van der Waals surface area contributed by atoms with Gasteiger partial charge in [0.1, 0.15) is 10.6 Å². The molecule has 11 heteroatoms. The number of benzene rings is 2. The van der Waals surface area contributed by atoms with Crippen molar-refractivity contribution >= 4 is 33.2 Å². The van der Waals surface area contributed by atoms with Gasteiger partial charge in [0, 0.05) is 12.1 Å². The maximum absolute atomic E-state index is 12.6. The van der Waals surface area contributed by atoms with Gasteiger partial charge in [0.05, 0.1) is 32.4 Å². The van der Waals surface area contributed by atoms with E-state index in [1.165, 1.54) is 51.7 Å². The van der Waals surface area contributed by atoms with E-state index in [2.05, 4.69) is 20.0 Å². The number of aromatic nitrogens is 2. The molecular formula is C17H17N3O7S. The van der Waals surface area contributed by atoms with Crippen LogP contribution in [0.3, 0.4) is 0 Å². The van der Waals surface area contributed by atoms with Crippen LogP contribution in [-0.4, -0.2) is 45.8 Å². The highest BCUT2D eigenvalue weighted by atomic mass is 32.2. The summed E-state index contributed by atoms with van der Waals surface area (Å²) in [6.45, 7) is 0. The van der Waals surface area contributed by atoms with Gasteiger partial charge in [-0.1, -0.05) is 0 Å². The highest BCUT2D eigenvalue weighted by Gasteiger charge is 2.20. The van der Waals surface area contributed by atoms with Gasteiger partial charge in [-0.3, -0.25) is 5.32 Å². The van der Waals surface area contributed by atoms with Crippen molar-refractivity contribution in [3.8, 4) is 17.2 Å². The number of anilines is 1. The first kappa shape index (κ1) is 19.3. The lowest BCUT2D eigenvalue weighted by molar-refractivity contribution is 0.186. The molecule has 1 amide bonds. The zero-order chi connectivity index (χ0) is 20.3. The van der Waals surface area contributed by atoms with Gasteiger partial charge in [0.2, 0.25) is 5.95 Å². The van der Waals surface area contributed by atoms with Crippen LogP contribution in [0.1, 0.15) is 0 Å². The standard InChI is InChI=1S/C17H17N3O7S/c1-24-14-7-5-11(9-15(14)25-2)28(22,23)27-10-4-6-12-13(8-10)19-16(18-12)20-17(21)26-3/h4-9H,1-3H3,(H2,18,19,20,21). The van der Waals surface area contributed by atoms with E-state index in [4.69, 9.17) is 13.7 Å². The Morgan fingerprint density at radius 3 is 2.46 bits per heavy atom. The molecule has 0 fully saturated rings. The zero-order valence-electron chi connectivity index (χ0n) is 15.2. The number of hydrogen-bond acceptors (Lipinski definition) is 8. The van der Waals surface area contributed by atoms with Crippen LogP contribution in [-0.2, 0) is 14.9 Å². The molecule has 0 aliphatic rings. The van der Waals surface area contributed by atoms with E-state index >= 15 is 0 Å². The van der Waals surface area contributed by atoms with E-state index in [1.807, 2.05) is 0 Å². The number of H-pyrrole nitrogens is 1. The van der Waals surface area contributed by atoms with E-state index in [-0.39, 0.29) is 22.3 Å². The molecule has 10 nitrogen and oxygen atoms in total. The normalized spacial score (nSPS) is 11.1. The van der Waals surface area contributed by atoms with Crippen LogP contribution >= 0.6 is 0 Å². The van der Waals surface area contributed by atoms with Gasteiger partial charge in [0.25, 0.3) is 0 Å². The highest BCUT2D eigenvalue weighted by Crippen LogP contribution is 2.31. The van der Waals surface area contributed by atoms with Crippen molar-refractivity contribution in [1.29, 1.82) is 0 Å². The van der Waals surface area contributed by atoms with Gasteiger partial charge >= 0.3 is 16.2 Å². The number of fused-ring (bicyclic) bond motifs is 1. The number of carbonyl (C=O) groups is 1. The second-order valence-electron chi connectivity index (χ2n) is 5.44. The Kier molecular flexibility index (Phi) is 5.27. The Bertz CT molecular complexity index is 1120. The van der Waals surface area contributed by atoms with E-state index < -0.39 is 16.2 Å². The van der Waals surface area contributed by atoms with E-state index in [0.29, 0.717) is 16.8 Å². The lowest BCUT2D eigenvalue weighted by Crippen LogP contribution is -2.11. The lowest BCUT2D eigenvalue weighted by atomic mass is 10.3. The number of imidazole rings is 1. The first-order valence-electron chi connectivity index (χ1n) is 7.87. The minimum Gasteiger partial charge on any atom is -0.493 e. The SMILES string of the molecule is COC(=O)Nc1nc2ccc(OS(=O)(=O)c3ccc(OC)c(OC)c3)cc2[nH]1. The zero-order valence-corrected chi connectivity index (χ0v) is 16.0. The molecule has 3 aromatic rings. The molecule has 2 aromatic carbocycles. The maximum atomic E-state index is 12.6. The van der Waals surface area contributed by atoms with Gasteiger partial charge in [-0.2, -0.15) is 8.42 Å². The predicted molar refractivity (Wildman–Crippen MR) is 99.5 cm³/mol. The van der Waals surface area contributed by atoms with Crippen LogP contribution in [0, 0.1) is 0 Å². The van der Waals surface area contributed by atoms with E-state index in [0.717, 1.165) is 0 Å². The van der Waals surface area contributed by atoms with Gasteiger partial charge in [-0.25, -0.2) is 9.78 Å². The third-order valence-electron chi connectivity index (χ3n) is 3.71. The number of ether oxygens (including phenoxy) is 3. The average molecular weight is 407 g/mol. The van der Waals surface area contributed by atoms with Gasteiger partial charge in [-0.15, -0.1) is 0 Å². The van der Waals surface area contributed by atoms with Crippen molar-refractivity contribution < 1.29 is 31.6 Å². The predicted octanol–water partition coefficient (Wildman–Crippen LogP) is 2.53. The molecule has 0 unspecified atom stereocenters. The monoisotopic (exact) mass is 407 g/mol. The molecular weight excluding hydrogens is 390 g/mol. The van der Waals surface area contributed by atoms with Crippen LogP contribution in [0.2, 0.25) is 0 Å². The Morgan fingerprint density at radius 1 is 1.04 bits per heavy atom. The summed E-state index contributed by atoms with van der Waals surface area (Å²) >= 11 is 0. The maximum Gasteiger partial charge on any atom is 0.413 e. The fourth-order valence-electron chi connectivity index (χ4n) is 2.39. The number of carbonyl (C=O) groups excluding carboxylic acids is 1. The van der Waals surface area contributed by atoms with E-state index in [1.54, 1.807) is 6.07 Å². The number of nitrogens with one attached hydrogen (secondary N) is 2. The number of nitrogens with zero attached hydrogens (tertiary/aromatic N) is 1. The first-order chi connectivity index (χ1) is 13.4. The van der Waals surface area contributed by atoms with Crippen LogP contribution in [0.4, 0.5) is 10.7 Å². The minimum atomic E-state index is -4.12. The minimum absolute atomic E-state index is 0.0653. The van der Waals surface area contributed by atoms with Crippen molar-refractivity contribution in [2.45, 2.75) is 4.90 Å². The van der Waals surface area contributed by atoms with Crippen molar-refractivity contribution in [3.63, 3.8) is 0 Å². The van der Waals surface area contributed by atoms with Crippen LogP contribution in [0.15, 0.2) is 41.3 Å². The van der Waals surface area contributed by atoms with Gasteiger partial charge in [-0.05, 0) is 24.3 Å². The summed E-state index contributed by atoms with van der Waals surface area (Å²) in [6.07, 6.45) is -0.688. The van der Waals surface area contributed by atoms with Gasteiger partial charge in [0.15, 0.2) is 11.5 Å². The summed E-state index contributed by atoms with van der Waals surface area (Å²) in [5.74, 6) is 0.873. The Hall–Kier alpha value is -3.47. The number of methoxy groups -OCH3 is 3. The molecule has 0 atom stereocenters. The second-order valence-corrected chi connectivity index (χ2v) is 6.98. The van der Waals surface area contributed by atoms with Crippen molar-refractivity contribution in [1.82, 2.24) is 9.97 Å². The molecule has 0 saturated heterocycles. The third-order valence-corrected chi connectivity index (χ3v) is 4.95. The number of amides is 1. The Balaban J connectivity index is 1.87. The molecule has 1 heterocycles. The highest BCUT2D eigenvalue weighted by molar-refractivity contribution is 7.87. The van der Waals surface area contributed by atoms with Gasteiger partial charge < -0.3 is 23.4 Å². The largest absolute Gasteiger partial charge is 0.493 e. The number of hydrogen-bond donors (Lipinski definition) is 2. The Morgan fingerprint density at radius 2 is 1.79 bits per heavy atom. The molecule has 2 N–H and O–H groups in total. The van der Waals surface area contributed by atoms with Crippen LogP contribution in [0.25, 0.3) is 11.0 Å². The van der Waals surface area contributed by atoms with Crippen LogP contribution in [0.5, 0.6) is 17.2 Å². The average Bonchev–Trinajstić information content (AvgIpc) is 3.08. The molecule has 0 radical (unpaired) electrons. The fourth-order valence-corrected chi connectivity index (χ4v) is 3.33. The van der Waals surface area contributed by atoms with Crippen molar-refractivity contribution in [2.75, 3.05) is 26.6 Å². The van der Waals surface area contributed by atoms with Crippen molar-refractivity contribution in [2.24, 2.45) is 0 Å². The summed E-state index contributed by atoms with van der Waals surface area (Å²) in [5.41, 5.74) is 0.966. The summed E-state index contributed by atoms with van der Waals surface area (Å²) in [5, 5.41) is 2.39. The lowest BCUT2D eigenvalue weighted by Gasteiger charge is -2.11. The first-order valence-corrected chi connectivity index (χ1v) is 9.28. The third kappa shape index (κ3) is 3.93. The molecule has 1 aromatic heterocycles. The molecule has 28 heavy (non-hydrogen) atoms. The molecule has 3 rings (SSSR count). The fraction of sp³-hybridized carbons (Fsp3) is 0.176. The summed E-state index contributed by atoms with van der Waals surface area (Å²) in [7, 11) is -0.0363. The van der Waals surface area contributed by atoms with Crippen molar-refractivity contribution in [3.05, 3.63) is 36.4 Å². The molecule has 148 valence electrons. The summed E-state index contributed by atoms with van der Waals surface area (Å²) in [4.78, 5) is 18.1. The quantitative estimate of drug-likeness (QED) is 0.597.